The van der Waals surface area contributed by atoms with Crippen LogP contribution in [0.4, 0.5) is 0 Å². The third-order valence-corrected chi connectivity index (χ3v) is 17.9. The number of nitrogens with two attached hydrogens (primary N) is 3. The summed E-state index contributed by atoms with van der Waals surface area (Å²) >= 11 is 0. The van der Waals surface area contributed by atoms with Gasteiger partial charge >= 0.3 is 29.8 Å². The van der Waals surface area contributed by atoms with E-state index in [-0.39, 0.29) is 38.6 Å². The molecular formula is C71H107N17O26. The molecule has 3 rings (SSSR count). The Kier molecular flexibility index (Phi) is 41.2. The van der Waals surface area contributed by atoms with Gasteiger partial charge in [0.25, 0.3) is 0 Å². The van der Waals surface area contributed by atoms with E-state index >= 15 is 0 Å². The first-order valence-corrected chi connectivity index (χ1v) is 37.0. The molecular weight excluding hydrogens is 1510 g/mol. The van der Waals surface area contributed by atoms with Crippen LogP contribution in [0.5, 0.6) is 0 Å². The van der Waals surface area contributed by atoms with E-state index in [1.807, 2.05) is 5.32 Å². The predicted octanol–water partition coefficient (Wildman–Crippen LogP) is -5.44. The molecule has 0 spiro atoms. The number of ether oxygens (including phenoxy) is 2. The molecule has 15 amide bonds. The largest absolute Gasteiger partial charge is 0.481 e. The van der Waals surface area contributed by atoms with Crippen molar-refractivity contribution in [2.45, 2.75) is 235 Å². The first kappa shape index (κ1) is 96.3. The summed E-state index contributed by atoms with van der Waals surface area (Å²) in [6, 6.07) is -14.7. The molecule has 1 aromatic heterocycles. The van der Waals surface area contributed by atoms with Crippen molar-refractivity contribution in [2.24, 2.45) is 23.1 Å². The molecule has 1 aromatic carbocycles. The molecule has 0 bridgehead atoms. The van der Waals surface area contributed by atoms with Gasteiger partial charge in [0.2, 0.25) is 88.6 Å². The second kappa shape index (κ2) is 48.8. The Labute approximate surface area is 654 Å². The molecule has 13 unspecified atom stereocenters. The number of amides is 15. The zero-order valence-corrected chi connectivity index (χ0v) is 64.5. The van der Waals surface area contributed by atoms with E-state index in [9.17, 15) is 116 Å². The van der Waals surface area contributed by atoms with Gasteiger partial charge in [0.1, 0.15) is 72.6 Å². The molecule has 1 fully saturated rings. The van der Waals surface area contributed by atoms with Crippen LogP contribution in [0.15, 0.2) is 30.5 Å². The number of aromatic nitrogens is 1. The lowest BCUT2D eigenvalue weighted by Gasteiger charge is -2.32. The lowest BCUT2D eigenvalue weighted by Crippen LogP contribution is -2.62. The van der Waals surface area contributed by atoms with Gasteiger partial charge in [0.05, 0.1) is 32.4 Å². The maximum absolute atomic E-state index is 14.9. The minimum Gasteiger partial charge on any atom is -0.481 e. The van der Waals surface area contributed by atoms with Gasteiger partial charge in [-0.15, -0.1) is 0 Å². The van der Waals surface area contributed by atoms with Crippen molar-refractivity contribution in [1.82, 2.24) is 73.7 Å². The third-order valence-electron chi connectivity index (χ3n) is 17.9. The van der Waals surface area contributed by atoms with Crippen LogP contribution in [0.2, 0.25) is 0 Å². The van der Waals surface area contributed by atoms with Gasteiger partial charge in [-0.1, -0.05) is 77.5 Å². The number of aromatic amines is 1. The standard InChI is InChI=1S/C71H107N17O26/c1-8-9-10-11-12-13-14-22-50(91)78-44(28-38-32-75-40-20-16-15-19-39(38)40)64(104)81-42(23-25-53(94)95)61(101)84-46(30-49(74)90)67(107)86-57-37(5)114-71(112)56(35(2)3)85-63(103)43(24-26-54(96)97)82-65(105)45(29-48(73)89)79-51(92)33-76-68(108)58(59(113-7)70(110)111)87-62(102)41(21-17-18-27-72)80-66(106)47(31-55(98)99)83-60(100)36(4)77-52(93)34-88(6)69(57)109/h15-16,19-20,32,35-37,41-47,56-59,75H,8-14,17-18,21-31,33-34,72H2,1-7H3,(H2,73,89)(H2,74,90)(H,76,108)(H,77,93)(H,78,91)(H,79,92)(H,80,106)(H,81,104)(H,82,105)(H,83,100)(H,84,101)(H,85,103)(H,86,107)(H,87,102)(H,94,95)(H,96,97)(H,98,99)(H,110,111). The van der Waals surface area contributed by atoms with Crippen LogP contribution in [-0.2, 0) is 112 Å². The first-order chi connectivity index (χ1) is 53.7. The van der Waals surface area contributed by atoms with Crippen LogP contribution >= 0.6 is 0 Å². The van der Waals surface area contributed by atoms with E-state index < -0.39 is 261 Å². The highest BCUT2D eigenvalue weighted by Crippen LogP contribution is 2.21. The number of carbonyl (C=O) groups excluding carboxylic acids is 16. The number of unbranched alkanes of at least 4 members (excludes halogenated alkanes) is 7. The first-order valence-electron chi connectivity index (χ1n) is 37.0. The fraction of sp³-hybridized carbons (Fsp3) is 0.606. The molecule has 1 aliphatic heterocycles. The SMILES string of the molecule is CCCCCCCCCC(=O)NC(Cc1c[nH]c2ccccc12)C(=O)NC(CCC(=O)O)C(=O)NC(CC(N)=O)C(=O)NC1C(=O)N(C)CC(=O)NC(C)C(=O)NC(CC(=O)O)C(=O)NC(CCCCN)C(=O)NC(C(OC)C(=O)O)C(=O)NCC(=O)NC(CC(N)=O)C(=O)NC(CCC(=O)O)C(=O)NC(C(C)C)C(=O)OC1C. The highest BCUT2D eigenvalue weighted by atomic mass is 16.5. The Morgan fingerprint density at radius 2 is 1.17 bits per heavy atom. The summed E-state index contributed by atoms with van der Waals surface area (Å²) in [5.74, 6) is -28.3. The molecule has 0 aliphatic carbocycles. The Hall–Kier alpha value is -11.9. The van der Waals surface area contributed by atoms with E-state index in [4.69, 9.17) is 26.7 Å². The number of likely N-dealkylation sites (N-methyl/N-ethyl adjacent to an activating group) is 1. The maximum atomic E-state index is 14.9. The highest BCUT2D eigenvalue weighted by molar-refractivity contribution is 6.02. The van der Waals surface area contributed by atoms with Crippen LogP contribution in [-0.4, -0.2) is 261 Å². The second-order valence-corrected chi connectivity index (χ2v) is 27.6. The van der Waals surface area contributed by atoms with Crippen molar-refractivity contribution in [1.29, 1.82) is 0 Å². The molecule has 13 atom stereocenters. The summed E-state index contributed by atoms with van der Waals surface area (Å²) in [6.07, 6.45) is -3.51. The average Bonchev–Trinajstić information content (AvgIpc) is 1.63. The van der Waals surface area contributed by atoms with E-state index in [0.717, 1.165) is 60.1 Å². The Balaban J connectivity index is 2.23. The topological polar surface area (TPSA) is 682 Å². The summed E-state index contributed by atoms with van der Waals surface area (Å²) in [4.78, 5) is 276. The number of nitrogens with zero attached hydrogens (tertiary/aromatic N) is 1. The van der Waals surface area contributed by atoms with E-state index in [1.54, 1.807) is 30.5 Å². The van der Waals surface area contributed by atoms with Gasteiger partial charge in [-0.3, -0.25) is 86.3 Å². The molecule has 114 heavy (non-hydrogen) atoms. The molecule has 1 aliphatic rings. The van der Waals surface area contributed by atoms with E-state index in [2.05, 4.69) is 70.4 Å². The van der Waals surface area contributed by atoms with Gasteiger partial charge in [-0.2, -0.15) is 0 Å². The molecule has 43 heteroatoms. The van der Waals surface area contributed by atoms with E-state index in [0.29, 0.717) is 34.2 Å². The summed E-state index contributed by atoms with van der Waals surface area (Å²) in [5, 5.41) is 67.0. The monoisotopic (exact) mass is 1610 g/mol. The van der Waals surface area contributed by atoms with Gasteiger partial charge in [0.15, 0.2) is 6.10 Å². The average molecular weight is 1610 g/mol. The zero-order chi connectivity index (χ0) is 85.6. The van der Waals surface area contributed by atoms with Crippen molar-refractivity contribution < 1.29 is 126 Å². The molecule has 2 heterocycles. The van der Waals surface area contributed by atoms with Crippen LogP contribution in [0, 0.1) is 5.92 Å². The number of methoxy groups -OCH3 is 1. The molecule has 2 aromatic rings. The number of cyclic esters (lactones) is 1. The number of carboxylic acid groups (broad SMARTS) is 4. The summed E-state index contributed by atoms with van der Waals surface area (Å²) in [7, 11) is 1.75. The third kappa shape index (κ3) is 33.6. The molecule has 23 N–H and O–H groups in total. The smallest absolute Gasteiger partial charge is 0.335 e. The number of primary amides is 2. The molecule has 1 saturated heterocycles. The second-order valence-electron chi connectivity index (χ2n) is 27.6. The number of H-pyrrole nitrogens is 1. The number of para-hydroxylation sites is 1. The number of rotatable bonds is 37. The lowest BCUT2D eigenvalue weighted by atomic mass is 10.0. The van der Waals surface area contributed by atoms with Crippen molar-refractivity contribution in [3.63, 3.8) is 0 Å². The highest BCUT2D eigenvalue weighted by Gasteiger charge is 2.42. The summed E-state index contributed by atoms with van der Waals surface area (Å²) in [5.41, 5.74) is 17.9. The van der Waals surface area contributed by atoms with E-state index in [1.165, 1.54) is 13.8 Å². The normalized spacial score (nSPS) is 21.4. The van der Waals surface area contributed by atoms with Crippen LogP contribution < -0.4 is 81.0 Å². The van der Waals surface area contributed by atoms with Crippen LogP contribution in [0.1, 0.15) is 156 Å². The number of carbonyl (C=O) groups is 20. The fourth-order valence-corrected chi connectivity index (χ4v) is 11.7. The maximum Gasteiger partial charge on any atom is 0.335 e. The molecule has 0 saturated carbocycles. The minimum absolute atomic E-state index is 0.00796. The number of esters is 1. The Morgan fingerprint density at radius 3 is 1.75 bits per heavy atom. The van der Waals surface area contributed by atoms with Crippen LogP contribution in [0.3, 0.4) is 0 Å². The quantitative estimate of drug-likeness (QED) is 0.0222. The van der Waals surface area contributed by atoms with Crippen molar-refractivity contribution in [3.05, 3.63) is 36.0 Å². The number of benzene rings is 1. The van der Waals surface area contributed by atoms with Crippen molar-refractivity contribution in [3.8, 4) is 0 Å². The molecule has 632 valence electrons. The van der Waals surface area contributed by atoms with Crippen molar-refractivity contribution >= 4 is 129 Å². The number of carboxylic acids is 4. The number of fused-ring (bicyclic) bond motifs is 1. The lowest BCUT2D eigenvalue weighted by molar-refractivity contribution is -0.159. The van der Waals surface area contributed by atoms with Crippen molar-refractivity contribution in [2.75, 3.05) is 33.8 Å². The summed E-state index contributed by atoms with van der Waals surface area (Å²) in [6.45, 7) is 4.48. The van der Waals surface area contributed by atoms with Gasteiger partial charge in [-0.05, 0) is 76.5 Å². The van der Waals surface area contributed by atoms with Crippen LogP contribution in [0.25, 0.3) is 10.9 Å². The van der Waals surface area contributed by atoms with Gasteiger partial charge < -0.3 is 121 Å². The minimum atomic E-state index is -2.30. The Bertz CT molecular complexity index is 3780. The number of hydrogen-bond acceptors (Lipinski definition) is 23. The Morgan fingerprint density at radius 1 is 0.596 bits per heavy atom. The van der Waals surface area contributed by atoms with Gasteiger partial charge in [0, 0.05) is 56.9 Å². The molecule has 43 nitrogen and oxygen atoms in total. The zero-order valence-electron chi connectivity index (χ0n) is 64.5. The summed E-state index contributed by atoms with van der Waals surface area (Å²) < 4.78 is 10.7. The van der Waals surface area contributed by atoms with Gasteiger partial charge in [-0.25, -0.2) is 9.59 Å². The fourth-order valence-electron chi connectivity index (χ4n) is 11.7. The molecule has 0 radical (unpaired) electrons. The number of nitrogens with one attached hydrogen (secondary N) is 13. The number of aliphatic carboxylic acids is 4. The predicted molar refractivity (Wildman–Crippen MR) is 398 cm³/mol. The number of hydrogen-bond donors (Lipinski definition) is 20.